The van der Waals surface area contributed by atoms with Gasteiger partial charge in [0.05, 0.1) is 16.7 Å². The number of imidazole rings is 1. The van der Waals surface area contributed by atoms with Crippen LogP contribution < -0.4 is 11.1 Å². The van der Waals surface area contributed by atoms with Crippen LogP contribution in [0.15, 0.2) is 16.6 Å². The average molecular weight is 447 g/mol. The number of amides is 2. The van der Waals surface area contributed by atoms with E-state index in [1.807, 2.05) is 4.57 Å². The van der Waals surface area contributed by atoms with Crippen molar-refractivity contribution in [2.75, 3.05) is 0 Å². The smallest absolute Gasteiger partial charge is 0.269 e. The fourth-order valence-electron chi connectivity index (χ4n) is 4.55. The second-order valence-electron chi connectivity index (χ2n) is 7.99. The number of nitrogens with one attached hydrogen (secondary N) is 1. The number of halogens is 2. The molecule has 8 heteroatoms. The maximum Gasteiger partial charge on any atom is 0.269 e. The van der Waals surface area contributed by atoms with Crippen LogP contribution in [-0.2, 0) is 11.3 Å². The van der Waals surface area contributed by atoms with Crippen LogP contribution in [0.2, 0.25) is 0 Å². The van der Waals surface area contributed by atoms with E-state index in [0.717, 1.165) is 43.2 Å². The first-order valence-corrected chi connectivity index (χ1v) is 10.4. The van der Waals surface area contributed by atoms with Crippen LogP contribution in [0, 0.1) is 11.7 Å². The number of hydrogen-bond donors (Lipinski definition) is 2. The summed E-state index contributed by atoms with van der Waals surface area (Å²) >= 11 is 3.26. The molecule has 0 unspecified atom stereocenters. The third-order valence-electron chi connectivity index (χ3n) is 6.40. The Balaban J connectivity index is 1.59. The summed E-state index contributed by atoms with van der Waals surface area (Å²) in [6, 6.07) is 3.46. The van der Waals surface area contributed by atoms with Gasteiger partial charge in [0.1, 0.15) is 11.6 Å². The van der Waals surface area contributed by atoms with Gasteiger partial charge in [0.15, 0.2) is 5.69 Å². The van der Waals surface area contributed by atoms with Gasteiger partial charge in [-0.3, -0.25) is 9.59 Å². The van der Waals surface area contributed by atoms with Crippen LogP contribution in [-0.4, -0.2) is 21.4 Å². The van der Waals surface area contributed by atoms with Gasteiger partial charge in [0.2, 0.25) is 5.91 Å². The molecular weight excluding hydrogens is 427 g/mol. The summed E-state index contributed by atoms with van der Waals surface area (Å²) in [5.74, 6) is 0.0670. The lowest BCUT2D eigenvalue weighted by molar-refractivity contribution is -0.127. The number of nitrogens with zero attached hydrogens (tertiary/aromatic N) is 2. The van der Waals surface area contributed by atoms with E-state index < -0.39 is 5.91 Å². The van der Waals surface area contributed by atoms with Crippen molar-refractivity contribution in [3.8, 4) is 11.4 Å². The van der Waals surface area contributed by atoms with E-state index in [2.05, 4.69) is 26.2 Å². The van der Waals surface area contributed by atoms with Gasteiger partial charge in [0, 0.05) is 17.5 Å². The fourth-order valence-corrected chi connectivity index (χ4v) is 4.89. The highest BCUT2D eigenvalue weighted by Crippen LogP contribution is 2.53. The average Bonchev–Trinajstić information content (AvgIpc) is 2.81. The minimum absolute atomic E-state index is 0.0162. The molecular formula is C20H20BrFN4O2. The Morgan fingerprint density at radius 2 is 2.07 bits per heavy atom. The zero-order valence-electron chi connectivity index (χ0n) is 15.2. The molecule has 0 saturated heterocycles. The van der Waals surface area contributed by atoms with Crippen LogP contribution in [0.25, 0.3) is 11.4 Å². The molecule has 146 valence electrons. The first-order valence-electron chi connectivity index (χ1n) is 9.62. The normalized spacial score (nSPS) is 22.4. The largest absolute Gasteiger partial charge is 0.364 e. The Kier molecular flexibility index (Phi) is 4.08. The third-order valence-corrected chi connectivity index (χ3v) is 7.01. The molecule has 6 nitrogen and oxygen atoms in total. The summed E-state index contributed by atoms with van der Waals surface area (Å²) in [6.45, 7) is 0.222. The van der Waals surface area contributed by atoms with E-state index in [-0.39, 0.29) is 41.8 Å². The molecule has 2 aromatic rings. The van der Waals surface area contributed by atoms with Gasteiger partial charge < -0.3 is 15.6 Å². The van der Waals surface area contributed by atoms with Gasteiger partial charge in [-0.05, 0) is 65.2 Å². The molecule has 2 fully saturated rings. The van der Waals surface area contributed by atoms with E-state index in [1.165, 1.54) is 0 Å². The molecule has 1 aromatic carbocycles. The number of nitrogens with two attached hydrogens (primary N) is 1. The van der Waals surface area contributed by atoms with Crippen molar-refractivity contribution in [3.05, 3.63) is 39.4 Å². The number of carbonyl (C=O) groups excluding carboxylic acids is 2. The maximum absolute atomic E-state index is 14.1. The van der Waals surface area contributed by atoms with Crippen LogP contribution in [0.4, 0.5) is 4.39 Å². The zero-order valence-corrected chi connectivity index (χ0v) is 16.8. The number of primary amides is 1. The van der Waals surface area contributed by atoms with Gasteiger partial charge in [-0.2, -0.15) is 0 Å². The summed E-state index contributed by atoms with van der Waals surface area (Å²) in [6.07, 6.45) is 4.63. The van der Waals surface area contributed by atoms with Gasteiger partial charge >= 0.3 is 0 Å². The molecule has 2 amide bonds. The van der Waals surface area contributed by atoms with Gasteiger partial charge in [-0.1, -0.05) is 6.42 Å². The molecule has 1 aromatic heterocycles. The van der Waals surface area contributed by atoms with Crippen LogP contribution >= 0.6 is 15.9 Å². The van der Waals surface area contributed by atoms with Crippen molar-refractivity contribution >= 4 is 27.7 Å². The third kappa shape index (κ3) is 2.61. The van der Waals surface area contributed by atoms with Gasteiger partial charge in [-0.15, -0.1) is 0 Å². The minimum atomic E-state index is -0.618. The van der Waals surface area contributed by atoms with E-state index in [1.54, 1.807) is 12.1 Å². The fraction of sp³-hybridized carbons (Fsp3) is 0.450. The lowest BCUT2D eigenvalue weighted by Crippen LogP contribution is -2.35. The van der Waals surface area contributed by atoms with Gasteiger partial charge in [0.25, 0.3) is 5.91 Å². The summed E-state index contributed by atoms with van der Waals surface area (Å²) in [7, 11) is 0. The highest BCUT2D eigenvalue weighted by Gasteiger charge is 2.41. The monoisotopic (exact) mass is 446 g/mol. The first-order chi connectivity index (χ1) is 13.4. The van der Waals surface area contributed by atoms with Crippen LogP contribution in [0.1, 0.15) is 65.8 Å². The van der Waals surface area contributed by atoms with Crippen LogP contribution in [0.5, 0.6) is 0 Å². The number of aromatic nitrogens is 2. The highest BCUT2D eigenvalue weighted by molar-refractivity contribution is 9.10. The Bertz CT molecular complexity index is 1010. The van der Waals surface area contributed by atoms with E-state index in [9.17, 15) is 14.0 Å². The molecule has 3 N–H and O–H groups in total. The molecule has 0 atom stereocenters. The number of benzene rings is 1. The maximum atomic E-state index is 14.1. The highest BCUT2D eigenvalue weighted by atomic mass is 79.9. The molecule has 2 aliphatic heterocycles. The van der Waals surface area contributed by atoms with Crippen LogP contribution in [0.3, 0.4) is 0 Å². The molecule has 2 saturated carbocycles. The van der Waals surface area contributed by atoms with E-state index in [4.69, 9.17) is 5.73 Å². The summed E-state index contributed by atoms with van der Waals surface area (Å²) in [5, 5.41) is 2.96. The Hall–Kier alpha value is -2.22. The first kappa shape index (κ1) is 17.8. The second-order valence-corrected chi connectivity index (χ2v) is 8.84. The molecule has 28 heavy (non-hydrogen) atoms. The summed E-state index contributed by atoms with van der Waals surface area (Å²) < 4.78 is 16.5. The minimum Gasteiger partial charge on any atom is -0.364 e. The van der Waals surface area contributed by atoms with Gasteiger partial charge in [-0.25, -0.2) is 9.37 Å². The van der Waals surface area contributed by atoms with Crippen molar-refractivity contribution in [2.45, 2.75) is 50.6 Å². The SMILES string of the molecule is NC(=O)c1nc2n(c1CNC(=O)C1CCC1)C1CC(C1)c1cc(F)c(Br)cc1-2. The number of carbonyl (C=O) groups is 2. The molecule has 4 aliphatic rings. The number of rotatable bonds is 4. The summed E-state index contributed by atoms with van der Waals surface area (Å²) in [4.78, 5) is 28.9. The lowest BCUT2D eigenvalue weighted by atomic mass is 9.75. The zero-order chi connectivity index (χ0) is 19.6. The topological polar surface area (TPSA) is 90.0 Å². The lowest BCUT2D eigenvalue weighted by Gasteiger charge is -2.35. The standard InChI is InChI=1S/C20H20BrFN4O2/c21-14-6-13-12(7-15(14)22)10-4-11(5-10)26-16(17(18(23)27)25-19(13)26)8-24-20(28)9-2-1-3-9/h6-7,9-11H,1-5,8H2,(H2,23,27)(H,24,28). The Labute approximate surface area is 169 Å². The predicted octanol–water partition coefficient (Wildman–Crippen LogP) is 3.40. The van der Waals surface area contributed by atoms with Crippen molar-refractivity contribution in [1.29, 1.82) is 0 Å². The quantitative estimate of drug-likeness (QED) is 0.753. The molecule has 6 rings (SSSR count). The Morgan fingerprint density at radius 1 is 1.32 bits per heavy atom. The van der Waals surface area contributed by atoms with E-state index in [0.29, 0.717) is 16.0 Å². The molecule has 0 radical (unpaired) electrons. The molecule has 3 heterocycles. The molecule has 2 aliphatic carbocycles. The predicted molar refractivity (Wildman–Crippen MR) is 104 cm³/mol. The van der Waals surface area contributed by atoms with Crippen molar-refractivity contribution in [1.82, 2.24) is 14.9 Å². The second kappa shape index (κ2) is 6.40. The summed E-state index contributed by atoms with van der Waals surface area (Å²) in [5.41, 5.74) is 8.17. The molecule has 2 bridgehead atoms. The number of hydrogen-bond acceptors (Lipinski definition) is 3. The van der Waals surface area contributed by atoms with Crippen molar-refractivity contribution < 1.29 is 14.0 Å². The van der Waals surface area contributed by atoms with E-state index >= 15 is 0 Å². The Morgan fingerprint density at radius 3 is 2.71 bits per heavy atom. The van der Waals surface area contributed by atoms with Crippen molar-refractivity contribution in [3.63, 3.8) is 0 Å². The van der Waals surface area contributed by atoms with Crippen molar-refractivity contribution in [2.24, 2.45) is 11.7 Å². The molecule has 0 spiro atoms.